The van der Waals surface area contributed by atoms with Crippen molar-refractivity contribution < 1.29 is 0 Å². The molecule has 0 aliphatic carbocycles. The summed E-state index contributed by atoms with van der Waals surface area (Å²) in [6.45, 7) is 4.36. The Morgan fingerprint density at radius 3 is 3.06 bits per heavy atom. The van der Waals surface area contributed by atoms with E-state index in [9.17, 15) is 0 Å². The monoisotopic (exact) mass is 322 g/mol. The van der Waals surface area contributed by atoms with E-state index >= 15 is 0 Å². The van der Waals surface area contributed by atoms with Gasteiger partial charge < -0.3 is 5.32 Å². The molecule has 1 aliphatic rings. The van der Waals surface area contributed by atoms with Crippen molar-refractivity contribution in [1.82, 2.24) is 10.3 Å². The first-order valence-corrected chi connectivity index (χ1v) is 7.79. The molecule has 1 unspecified atom stereocenters. The third-order valence-electron chi connectivity index (χ3n) is 3.34. The van der Waals surface area contributed by atoms with E-state index in [1.165, 1.54) is 22.6 Å². The number of hydrogen-bond acceptors (Lipinski definition) is 3. The molecule has 1 fully saturated rings. The minimum Gasteiger partial charge on any atom is -0.316 e. The number of hydrogen-bond donors (Lipinski definition) is 1. The number of halogens is 1. The number of nitrogens with zero attached hydrogens (tertiary/aromatic N) is 1. The molecule has 1 atom stereocenters. The molecular formula is C14H15BrN2S. The summed E-state index contributed by atoms with van der Waals surface area (Å²) in [6, 6.07) is 8.37. The van der Waals surface area contributed by atoms with Gasteiger partial charge in [-0.15, -0.1) is 11.3 Å². The molecule has 3 rings (SSSR count). The zero-order valence-corrected chi connectivity index (χ0v) is 12.6. The molecule has 2 aromatic rings. The number of thiazole rings is 1. The molecular weight excluding hydrogens is 308 g/mol. The van der Waals surface area contributed by atoms with Gasteiger partial charge in [0.05, 0.1) is 5.69 Å². The Morgan fingerprint density at radius 1 is 1.44 bits per heavy atom. The lowest BCUT2D eigenvalue weighted by molar-refractivity contribution is 0.770. The summed E-state index contributed by atoms with van der Waals surface area (Å²) < 4.78 is 1.11. The van der Waals surface area contributed by atoms with Gasteiger partial charge in [-0.05, 0) is 32.0 Å². The summed E-state index contributed by atoms with van der Waals surface area (Å²) in [5.41, 5.74) is 2.40. The molecule has 2 heterocycles. The zero-order chi connectivity index (χ0) is 12.5. The Morgan fingerprint density at radius 2 is 2.33 bits per heavy atom. The number of benzene rings is 1. The Labute approximate surface area is 120 Å². The quantitative estimate of drug-likeness (QED) is 0.905. The van der Waals surface area contributed by atoms with Crippen LogP contribution in [0.4, 0.5) is 0 Å². The highest BCUT2D eigenvalue weighted by Gasteiger charge is 2.22. The second-order valence-corrected chi connectivity index (χ2v) is 6.62. The normalized spacial score (nSPS) is 19.3. The Hall–Kier alpha value is -0.710. The minimum atomic E-state index is 0.656. The maximum Gasteiger partial charge on any atom is 0.123 e. The van der Waals surface area contributed by atoms with Gasteiger partial charge in [-0.25, -0.2) is 4.98 Å². The molecule has 0 saturated carbocycles. The summed E-state index contributed by atoms with van der Waals surface area (Å²) in [5.74, 6) is 0.656. The third-order valence-corrected chi connectivity index (χ3v) is 5.20. The van der Waals surface area contributed by atoms with Gasteiger partial charge in [0, 0.05) is 27.4 Å². The fourth-order valence-corrected chi connectivity index (χ4v) is 4.01. The van der Waals surface area contributed by atoms with Crippen LogP contribution in [0.3, 0.4) is 0 Å². The van der Waals surface area contributed by atoms with Gasteiger partial charge >= 0.3 is 0 Å². The lowest BCUT2D eigenvalue weighted by Crippen LogP contribution is -2.07. The average molecular weight is 323 g/mol. The topological polar surface area (TPSA) is 24.9 Å². The van der Waals surface area contributed by atoms with Crippen LogP contribution in [0.1, 0.15) is 22.9 Å². The van der Waals surface area contributed by atoms with Crippen molar-refractivity contribution >= 4 is 27.3 Å². The maximum atomic E-state index is 4.74. The smallest absolute Gasteiger partial charge is 0.123 e. The molecule has 1 aliphatic heterocycles. The largest absolute Gasteiger partial charge is 0.316 e. The van der Waals surface area contributed by atoms with Crippen LogP contribution in [0.15, 0.2) is 28.7 Å². The predicted molar refractivity (Wildman–Crippen MR) is 80.2 cm³/mol. The summed E-state index contributed by atoms with van der Waals surface area (Å²) >= 11 is 5.36. The second kappa shape index (κ2) is 5.11. The standard InChI is InChI=1S/C14H15BrN2S/c1-9-13(11-5-6-16-8-11)18-14(17-9)10-3-2-4-12(15)7-10/h2-4,7,11,16H,5-6,8H2,1H3. The van der Waals surface area contributed by atoms with Crippen molar-refractivity contribution in [3.05, 3.63) is 39.3 Å². The third kappa shape index (κ3) is 2.37. The number of aryl methyl sites for hydroxylation is 1. The lowest BCUT2D eigenvalue weighted by Gasteiger charge is -2.04. The second-order valence-electron chi connectivity index (χ2n) is 4.67. The number of rotatable bonds is 2. The van der Waals surface area contributed by atoms with Crippen molar-refractivity contribution in [2.24, 2.45) is 0 Å². The first-order valence-electron chi connectivity index (χ1n) is 6.18. The maximum absolute atomic E-state index is 4.74. The van der Waals surface area contributed by atoms with Crippen LogP contribution < -0.4 is 5.32 Å². The lowest BCUT2D eigenvalue weighted by atomic mass is 10.1. The fraction of sp³-hybridized carbons (Fsp3) is 0.357. The van der Waals surface area contributed by atoms with Crippen molar-refractivity contribution in [3.8, 4) is 10.6 Å². The van der Waals surface area contributed by atoms with E-state index < -0.39 is 0 Å². The van der Waals surface area contributed by atoms with Gasteiger partial charge in [-0.2, -0.15) is 0 Å². The molecule has 1 aromatic heterocycles. The molecule has 18 heavy (non-hydrogen) atoms. The fourth-order valence-electron chi connectivity index (χ4n) is 2.41. The highest BCUT2D eigenvalue weighted by Crippen LogP contribution is 2.35. The SMILES string of the molecule is Cc1nc(-c2cccc(Br)c2)sc1C1CCNC1. The molecule has 1 N–H and O–H groups in total. The van der Waals surface area contributed by atoms with E-state index in [0.29, 0.717) is 5.92 Å². The molecule has 0 radical (unpaired) electrons. The summed E-state index contributed by atoms with van der Waals surface area (Å²) in [5, 5.41) is 4.56. The van der Waals surface area contributed by atoms with Crippen LogP contribution in [0.2, 0.25) is 0 Å². The number of nitrogens with one attached hydrogen (secondary N) is 1. The van der Waals surface area contributed by atoms with Crippen LogP contribution in [0.25, 0.3) is 10.6 Å². The van der Waals surface area contributed by atoms with Crippen molar-refractivity contribution in [1.29, 1.82) is 0 Å². The first-order chi connectivity index (χ1) is 8.74. The van der Waals surface area contributed by atoms with E-state index in [1.807, 2.05) is 17.4 Å². The Bertz CT molecular complexity index is 559. The molecule has 1 saturated heterocycles. The average Bonchev–Trinajstić information content (AvgIpc) is 2.97. The molecule has 1 aromatic carbocycles. The minimum absolute atomic E-state index is 0.656. The molecule has 0 amide bonds. The molecule has 0 spiro atoms. The van der Waals surface area contributed by atoms with Gasteiger partial charge in [0.25, 0.3) is 0 Å². The predicted octanol–water partition coefficient (Wildman–Crippen LogP) is 3.96. The van der Waals surface area contributed by atoms with Gasteiger partial charge in [-0.3, -0.25) is 0 Å². The Balaban J connectivity index is 1.96. The number of aromatic nitrogens is 1. The molecule has 94 valence electrons. The van der Waals surface area contributed by atoms with E-state index in [0.717, 1.165) is 22.6 Å². The highest BCUT2D eigenvalue weighted by molar-refractivity contribution is 9.10. The van der Waals surface area contributed by atoms with E-state index in [4.69, 9.17) is 4.98 Å². The highest BCUT2D eigenvalue weighted by atomic mass is 79.9. The van der Waals surface area contributed by atoms with E-state index in [-0.39, 0.29) is 0 Å². The van der Waals surface area contributed by atoms with E-state index in [2.05, 4.69) is 46.4 Å². The van der Waals surface area contributed by atoms with Crippen molar-refractivity contribution in [3.63, 3.8) is 0 Å². The van der Waals surface area contributed by atoms with Crippen molar-refractivity contribution in [2.45, 2.75) is 19.3 Å². The molecule has 4 heteroatoms. The van der Waals surface area contributed by atoms with Gasteiger partial charge in [0.15, 0.2) is 0 Å². The van der Waals surface area contributed by atoms with Crippen LogP contribution >= 0.6 is 27.3 Å². The van der Waals surface area contributed by atoms with Crippen LogP contribution in [-0.2, 0) is 0 Å². The molecule has 0 bridgehead atoms. The van der Waals surface area contributed by atoms with Gasteiger partial charge in [-0.1, -0.05) is 28.1 Å². The van der Waals surface area contributed by atoms with Gasteiger partial charge in [0.2, 0.25) is 0 Å². The van der Waals surface area contributed by atoms with Crippen LogP contribution in [0, 0.1) is 6.92 Å². The Kier molecular flexibility index (Phi) is 3.50. The zero-order valence-electron chi connectivity index (χ0n) is 10.2. The van der Waals surface area contributed by atoms with E-state index in [1.54, 1.807) is 0 Å². The van der Waals surface area contributed by atoms with Crippen LogP contribution in [-0.4, -0.2) is 18.1 Å². The summed E-state index contributed by atoms with van der Waals surface area (Å²) in [4.78, 5) is 6.19. The first kappa shape index (κ1) is 12.3. The van der Waals surface area contributed by atoms with Gasteiger partial charge in [0.1, 0.15) is 5.01 Å². The molecule has 2 nitrogen and oxygen atoms in total. The summed E-state index contributed by atoms with van der Waals surface area (Å²) in [7, 11) is 0. The van der Waals surface area contributed by atoms with Crippen LogP contribution in [0.5, 0.6) is 0 Å². The summed E-state index contributed by atoms with van der Waals surface area (Å²) in [6.07, 6.45) is 1.24. The van der Waals surface area contributed by atoms with Crippen molar-refractivity contribution in [2.75, 3.05) is 13.1 Å².